The first-order valence-corrected chi connectivity index (χ1v) is 5.92. The molecular formula is C4N2OS3. The van der Waals surface area contributed by atoms with E-state index in [1.54, 1.807) is 12.1 Å². The summed E-state index contributed by atoms with van der Waals surface area (Å²) in [6, 6.07) is 3.60. The zero-order valence-electron chi connectivity index (χ0n) is 4.53. The molecule has 0 aromatic heterocycles. The Balaban J connectivity index is 2.97. The normalized spacial score (nSPS) is 18.6. The predicted octanol–water partition coefficient (Wildman–Crippen LogP) is 1.30. The summed E-state index contributed by atoms with van der Waals surface area (Å²) in [7, 11) is 0.690. The minimum absolute atomic E-state index is 0.269. The molecule has 0 fully saturated rings. The first-order valence-electron chi connectivity index (χ1n) is 2.11. The van der Waals surface area contributed by atoms with Crippen molar-refractivity contribution in [2.45, 2.75) is 0 Å². The van der Waals surface area contributed by atoms with Gasteiger partial charge >= 0.3 is 0 Å². The monoisotopic (exact) mass is 188 g/mol. The highest BCUT2D eigenvalue weighted by Crippen LogP contribution is 2.43. The van der Waals surface area contributed by atoms with E-state index in [1.807, 2.05) is 0 Å². The molecule has 0 bridgehead atoms. The number of nitriles is 2. The van der Waals surface area contributed by atoms with Crippen molar-refractivity contribution in [3.8, 4) is 12.1 Å². The van der Waals surface area contributed by atoms with Gasteiger partial charge in [0.2, 0.25) is 0 Å². The summed E-state index contributed by atoms with van der Waals surface area (Å²) in [6.45, 7) is 0. The van der Waals surface area contributed by atoms with E-state index in [0.717, 1.165) is 21.6 Å². The number of nitrogens with zero attached hydrogens (tertiary/aromatic N) is 2. The molecule has 3 nitrogen and oxygen atoms in total. The first-order chi connectivity index (χ1) is 4.77. The van der Waals surface area contributed by atoms with Crippen molar-refractivity contribution in [3.63, 3.8) is 0 Å². The van der Waals surface area contributed by atoms with Gasteiger partial charge in [-0.05, 0) is 0 Å². The van der Waals surface area contributed by atoms with Gasteiger partial charge in [-0.1, -0.05) is 0 Å². The van der Waals surface area contributed by atoms with Crippen LogP contribution in [0.1, 0.15) is 0 Å². The standard InChI is InChI=1S/C4N2OS3/c5-1-3-4(2-6)9-10(7)8-3. The molecule has 0 aromatic carbocycles. The Morgan fingerprint density at radius 3 is 1.90 bits per heavy atom. The number of allylic oxidation sites excluding steroid dienone is 2. The van der Waals surface area contributed by atoms with Crippen molar-refractivity contribution in [2.75, 3.05) is 0 Å². The quantitative estimate of drug-likeness (QED) is 0.536. The summed E-state index contributed by atoms with van der Waals surface area (Å²) in [5.74, 6) is 0. The van der Waals surface area contributed by atoms with E-state index < -0.39 is 8.86 Å². The minimum Gasteiger partial charge on any atom is -0.235 e. The molecule has 50 valence electrons. The summed E-state index contributed by atoms with van der Waals surface area (Å²) in [6.07, 6.45) is 0. The molecule has 0 radical (unpaired) electrons. The van der Waals surface area contributed by atoms with Crippen LogP contribution in [-0.4, -0.2) is 4.21 Å². The number of hydrogen-bond acceptors (Lipinski definition) is 5. The van der Waals surface area contributed by atoms with Crippen LogP contribution in [0.4, 0.5) is 0 Å². The van der Waals surface area contributed by atoms with E-state index in [4.69, 9.17) is 10.5 Å². The van der Waals surface area contributed by atoms with Crippen LogP contribution in [0.25, 0.3) is 0 Å². The van der Waals surface area contributed by atoms with E-state index in [0.29, 0.717) is 0 Å². The molecule has 10 heavy (non-hydrogen) atoms. The van der Waals surface area contributed by atoms with Gasteiger partial charge in [0, 0.05) is 21.6 Å². The van der Waals surface area contributed by atoms with Crippen LogP contribution in [0.2, 0.25) is 0 Å². The fourth-order valence-corrected chi connectivity index (χ4v) is 4.73. The summed E-state index contributed by atoms with van der Waals surface area (Å²) in [4.78, 5) is 0.539. The molecule has 0 N–H and O–H groups in total. The molecular weight excluding hydrogens is 188 g/mol. The van der Waals surface area contributed by atoms with E-state index in [2.05, 4.69) is 0 Å². The van der Waals surface area contributed by atoms with Crippen molar-refractivity contribution in [2.24, 2.45) is 0 Å². The molecule has 6 heteroatoms. The van der Waals surface area contributed by atoms with Crippen LogP contribution < -0.4 is 0 Å². The van der Waals surface area contributed by atoms with Crippen LogP contribution in [0.3, 0.4) is 0 Å². The lowest BCUT2D eigenvalue weighted by Gasteiger charge is -1.76. The molecule has 0 spiro atoms. The Morgan fingerprint density at radius 2 is 1.60 bits per heavy atom. The average molecular weight is 188 g/mol. The molecule has 0 atom stereocenters. The highest BCUT2D eigenvalue weighted by Gasteiger charge is 2.22. The van der Waals surface area contributed by atoms with Gasteiger partial charge in [-0.25, -0.2) is 4.21 Å². The Morgan fingerprint density at radius 1 is 1.20 bits per heavy atom. The van der Waals surface area contributed by atoms with E-state index in [9.17, 15) is 4.21 Å². The van der Waals surface area contributed by atoms with E-state index >= 15 is 0 Å². The average Bonchev–Trinajstić information content (AvgIpc) is 2.30. The molecule has 0 unspecified atom stereocenters. The largest absolute Gasteiger partial charge is 0.235 e. The van der Waals surface area contributed by atoms with Crippen molar-refractivity contribution < 1.29 is 4.21 Å². The fourth-order valence-electron chi connectivity index (χ4n) is 0.368. The van der Waals surface area contributed by atoms with Gasteiger partial charge < -0.3 is 0 Å². The van der Waals surface area contributed by atoms with Gasteiger partial charge in [0.1, 0.15) is 21.9 Å². The van der Waals surface area contributed by atoms with Crippen LogP contribution >= 0.6 is 21.6 Å². The van der Waals surface area contributed by atoms with Gasteiger partial charge in [0.25, 0.3) is 0 Å². The first kappa shape index (κ1) is 7.67. The Hall–Kier alpha value is -0.430. The molecule has 1 rings (SSSR count). The second-order valence-electron chi connectivity index (χ2n) is 1.25. The van der Waals surface area contributed by atoms with Gasteiger partial charge in [-0.15, -0.1) is 0 Å². The third-order valence-corrected chi connectivity index (χ3v) is 5.08. The molecule has 1 heterocycles. The van der Waals surface area contributed by atoms with Gasteiger partial charge in [0.05, 0.1) is 0 Å². The molecule has 1 aliphatic heterocycles. The lowest BCUT2D eigenvalue weighted by atomic mass is 10.5. The zero-order chi connectivity index (χ0) is 7.56. The Bertz CT molecular complexity index is 267. The lowest BCUT2D eigenvalue weighted by molar-refractivity contribution is 0.699. The summed E-state index contributed by atoms with van der Waals surface area (Å²) < 4.78 is 10.7. The van der Waals surface area contributed by atoms with Gasteiger partial charge in [-0.2, -0.15) is 10.5 Å². The topological polar surface area (TPSA) is 64.7 Å². The second kappa shape index (κ2) is 3.11. The molecule has 0 aromatic rings. The van der Waals surface area contributed by atoms with Crippen LogP contribution in [0, 0.1) is 22.7 Å². The maximum atomic E-state index is 10.7. The third-order valence-electron chi connectivity index (χ3n) is 0.712. The van der Waals surface area contributed by atoms with Crippen LogP contribution in [0.5, 0.6) is 0 Å². The molecule has 0 aliphatic carbocycles. The third kappa shape index (κ3) is 1.35. The summed E-state index contributed by atoms with van der Waals surface area (Å²) in [5.41, 5.74) is 0. The number of hydrogen-bond donors (Lipinski definition) is 0. The molecule has 0 amide bonds. The van der Waals surface area contributed by atoms with Crippen molar-refractivity contribution in [1.82, 2.24) is 0 Å². The van der Waals surface area contributed by atoms with Gasteiger partial charge in [0.15, 0.2) is 8.86 Å². The lowest BCUT2D eigenvalue weighted by Crippen LogP contribution is -1.66. The fraction of sp³-hybridized carbons (Fsp3) is 0. The smallest absolute Gasteiger partial charge is 0.152 e. The molecule has 1 aliphatic rings. The van der Waals surface area contributed by atoms with Crippen molar-refractivity contribution in [1.29, 1.82) is 10.5 Å². The maximum Gasteiger partial charge on any atom is 0.152 e. The minimum atomic E-state index is -1.17. The highest BCUT2D eigenvalue weighted by molar-refractivity contribution is 9.04. The zero-order valence-corrected chi connectivity index (χ0v) is 6.98. The molecule has 0 saturated heterocycles. The van der Waals surface area contributed by atoms with Crippen LogP contribution in [0.15, 0.2) is 9.81 Å². The number of rotatable bonds is 0. The summed E-state index contributed by atoms with van der Waals surface area (Å²) in [5, 5.41) is 16.7. The Kier molecular flexibility index (Phi) is 2.39. The summed E-state index contributed by atoms with van der Waals surface area (Å²) >= 11 is 0. The van der Waals surface area contributed by atoms with Crippen molar-refractivity contribution >= 4 is 30.5 Å². The Labute approximate surface area is 67.3 Å². The highest BCUT2D eigenvalue weighted by atomic mass is 33.5. The maximum absolute atomic E-state index is 10.7. The molecule has 0 saturated carbocycles. The van der Waals surface area contributed by atoms with Crippen molar-refractivity contribution in [3.05, 3.63) is 9.81 Å². The van der Waals surface area contributed by atoms with E-state index in [1.165, 1.54) is 0 Å². The van der Waals surface area contributed by atoms with Crippen LogP contribution in [-0.2, 0) is 8.86 Å². The SMILES string of the molecule is N#CC1=C(C#N)SS(=O)S1. The van der Waals surface area contributed by atoms with Gasteiger partial charge in [-0.3, -0.25) is 0 Å². The predicted molar refractivity (Wildman–Crippen MR) is 41.6 cm³/mol. The van der Waals surface area contributed by atoms with E-state index in [-0.39, 0.29) is 9.81 Å². The second-order valence-corrected chi connectivity index (χ2v) is 6.26.